The van der Waals surface area contributed by atoms with Crippen molar-refractivity contribution in [2.45, 2.75) is 71.1 Å². The van der Waals surface area contributed by atoms with Gasteiger partial charge in [-0.1, -0.05) is 81.2 Å². The molecule has 0 radical (unpaired) electrons. The normalized spacial score (nSPS) is 19.9. The molecule has 1 aliphatic heterocycles. The molecule has 0 unspecified atom stereocenters. The van der Waals surface area contributed by atoms with Crippen LogP contribution in [0.25, 0.3) is 6.08 Å². The van der Waals surface area contributed by atoms with Crippen LogP contribution in [-0.2, 0) is 0 Å². The average Bonchev–Trinajstić information content (AvgIpc) is 3.23. The van der Waals surface area contributed by atoms with Crippen molar-refractivity contribution >= 4 is 6.08 Å². The minimum absolute atomic E-state index is 0.329. The Morgan fingerprint density at radius 3 is 2.34 bits per heavy atom. The molecular weight excluding hydrogens is 356 g/mol. The number of ether oxygens (including phenoxy) is 2. The summed E-state index contributed by atoms with van der Waals surface area (Å²) < 4.78 is 10.3. The minimum atomic E-state index is 0.329. The maximum absolute atomic E-state index is 5.17. The minimum Gasteiger partial charge on any atom is -0.454 e. The summed E-state index contributed by atoms with van der Waals surface area (Å²) in [5.74, 6) is 3.49. The average molecular weight is 393 g/mol. The van der Waals surface area contributed by atoms with Crippen molar-refractivity contribution in [1.82, 2.24) is 0 Å². The number of benzene rings is 2. The first-order valence-electron chi connectivity index (χ1n) is 11.3. The lowest BCUT2D eigenvalue weighted by atomic mass is 9.77. The third kappa shape index (κ3) is 6.39. The van der Waals surface area contributed by atoms with Crippen LogP contribution in [0.4, 0.5) is 0 Å². The van der Waals surface area contributed by atoms with Crippen LogP contribution >= 0.6 is 0 Å². The van der Waals surface area contributed by atoms with E-state index in [9.17, 15) is 0 Å². The van der Waals surface area contributed by atoms with Crippen LogP contribution < -0.4 is 9.47 Å². The predicted molar refractivity (Wildman–Crippen MR) is 123 cm³/mol. The monoisotopic (exact) mass is 392 g/mol. The Morgan fingerprint density at radius 1 is 0.931 bits per heavy atom. The Bertz CT molecular complexity index is 755. The highest BCUT2D eigenvalue weighted by Gasteiger charge is 2.21. The van der Waals surface area contributed by atoms with Gasteiger partial charge in [0.2, 0.25) is 6.79 Å². The van der Waals surface area contributed by atoms with Crippen molar-refractivity contribution in [3.05, 3.63) is 65.7 Å². The van der Waals surface area contributed by atoms with Crippen LogP contribution in [0.5, 0.6) is 11.5 Å². The lowest BCUT2D eigenvalue weighted by molar-refractivity contribution is 0.174. The molecule has 0 N–H and O–H groups in total. The zero-order chi connectivity index (χ0) is 20.5. The van der Waals surface area contributed by atoms with Crippen LogP contribution in [0.1, 0.15) is 80.9 Å². The predicted octanol–water partition coefficient (Wildman–Crippen LogP) is 7.91. The van der Waals surface area contributed by atoms with Crippen LogP contribution in [0.2, 0.25) is 0 Å². The standard InChI is InChI=1S/C18H28.C9H8O2/c1-3-4-5-6-16-9-13-18(14-10-16)17-11-7-15(2)8-12-17;1-2-7-3-4-8-9(5-7)11-6-10-8/h7-8,11-12,16,18H,3-6,9-10,13-14H2,1-2H3;2-5H,1,6H2. The summed E-state index contributed by atoms with van der Waals surface area (Å²) in [6.45, 7) is 8.46. The summed E-state index contributed by atoms with van der Waals surface area (Å²) in [6, 6.07) is 15.0. The number of aryl methyl sites for hydroxylation is 1. The second-order valence-electron chi connectivity index (χ2n) is 8.44. The first-order chi connectivity index (χ1) is 14.2. The van der Waals surface area contributed by atoms with Crippen LogP contribution in [0.3, 0.4) is 0 Å². The number of fused-ring (bicyclic) bond motifs is 1. The van der Waals surface area contributed by atoms with Crippen molar-refractivity contribution in [1.29, 1.82) is 0 Å². The molecule has 1 saturated carbocycles. The summed E-state index contributed by atoms with van der Waals surface area (Å²) in [6.07, 6.45) is 13.3. The molecule has 0 saturated heterocycles. The maximum atomic E-state index is 5.17. The SMILES string of the molecule is C=Cc1ccc2c(c1)OCO2.CCCCCC1CCC(c2ccc(C)cc2)CC1. The Hall–Kier alpha value is -2.22. The topological polar surface area (TPSA) is 18.5 Å². The van der Waals surface area contributed by atoms with Gasteiger partial charge in [0, 0.05) is 0 Å². The summed E-state index contributed by atoms with van der Waals surface area (Å²) in [5, 5.41) is 0. The molecule has 2 aliphatic rings. The van der Waals surface area contributed by atoms with Gasteiger partial charge in [0.05, 0.1) is 0 Å². The van der Waals surface area contributed by atoms with E-state index in [1.807, 2.05) is 18.2 Å². The largest absolute Gasteiger partial charge is 0.454 e. The quantitative estimate of drug-likeness (QED) is 0.465. The van der Waals surface area contributed by atoms with Gasteiger partial charge in [0.25, 0.3) is 0 Å². The molecule has 1 aliphatic carbocycles. The van der Waals surface area contributed by atoms with Crippen LogP contribution in [-0.4, -0.2) is 6.79 Å². The molecule has 2 aromatic carbocycles. The lowest BCUT2D eigenvalue weighted by Gasteiger charge is -2.29. The molecule has 156 valence electrons. The summed E-state index contributed by atoms with van der Waals surface area (Å²) >= 11 is 0. The van der Waals surface area contributed by atoms with E-state index in [4.69, 9.17) is 9.47 Å². The van der Waals surface area contributed by atoms with Gasteiger partial charge >= 0.3 is 0 Å². The summed E-state index contributed by atoms with van der Waals surface area (Å²) in [5.41, 5.74) is 4.01. The van der Waals surface area contributed by atoms with E-state index >= 15 is 0 Å². The first kappa shape index (κ1) is 21.5. The second kappa shape index (κ2) is 11.1. The van der Waals surface area contributed by atoms with E-state index < -0.39 is 0 Å². The Balaban J connectivity index is 0.000000186. The Morgan fingerprint density at radius 2 is 1.66 bits per heavy atom. The molecule has 2 aromatic rings. The highest BCUT2D eigenvalue weighted by molar-refractivity contribution is 5.55. The van der Waals surface area contributed by atoms with Gasteiger partial charge in [-0.3, -0.25) is 0 Å². The van der Waals surface area contributed by atoms with E-state index in [0.29, 0.717) is 6.79 Å². The molecule has 1 fully saturated rings. The molecule has 29 heavy (non-hydrogen) atoms. The molecular formula is C27H36O2. The Kier molecular flexibility index (Phi) is 8.22. The molecule has 0 bridgehead atoms. The number of rotatable bonds is 6. The van der Waals surface area contributed by atoms with Crippen molar-refractivity contribution in [3.8, 4) is 11.5 Å². The number of hydrogen-bond donors (Lipinski definition) is 0. The molecule has 0 aromatic heterocycles. The lowest BCUT2D eigenvalue weighted by Crippen LogP contribution is -2.13. The van der Waals surface area contributed by atoms with Crippen molar-refractivity contribution < 1.29 is 9.47 Å². The van der Waals surface area contributed by atoms with Gasteiger partial charge in [-0.2, -0.15) is 0 Å². The van der Waals surface area contributed by atoms with Crippen molar-refractivity contribution in [2.24, 2.45) is 5.92 Å². The van der Waals surface area contributed by atoms with E-state index in [1.165, 1.54) is 56.9 Å². The summed E-state index contributed by atoms with van der Waals surface area (Å²) in [7, 11) is 0. The van der Waals surface area contributed by atoms with Gasteiger partial charge in [-0.25, -0.2) is 0 Å². The molecule has 2 nitrogen and oxygen atoms in total. The second-order valence-corrected chi connectivity index (χ2v) is 8.44. The van der Waals surface area contributed by atoms with E-state index in [1.54, 1.807) is 11.6 Å². The summed E-state index contributed by atoms with van der Waals surface area (Å²) in [4.78, 5) is 0. The molecule has 0 spiro atoms. The van der Waals surface area contributed by atoms with Gasteiger partial charge in [-0.05, 0) is 67.7 Å². The van der Waals surface area contributed by atoms with Gasteiger partial charge in [0.15, 0.2) is 11.5 Å². The smallest absolute Gasteiger partial charge is 0.231 e. The zero-order valence-electron chi connectivity index (χ0n) is 18.2. The number of hydrogen-bond acceptors (Lipinski definition) is 2. The molecule has 4 rings (SSSR count). The fourth-order valence-electron chi connectivity index (χ4n) is 4.35. The third-order valence-corrected chi connectivity index (χ3v) is 6.24. The molecule has 2 heteroatoms. The van der Waals surface area contributed by atoms with E-state index in [2.05, 4.69) is 44.7 Å². The fourth-order valence-corrected chi connectivity index (χ4v) is 4.35. The molecule has 1 heterocycles. The molecule has 0 atom stereocenters. The van der Waals surface area contributed by atoms with Crippen molar-refractivity contribution in [3.63, 3.8) is 0 Å². The zero-order valence-corrected chi connectivity index (χ0v) is 18.2. The van der Waals surface area contributed by atoms with Crippen LogP contribution in [0, 0.1) is 12.8 Å². The van der Waals surface area contributed by atoms with Gasteiger partial charge in [-0.15, -0.1) is 0 Å². The maximum Gasteiger partial charge on any atom is 0.231 e. The van der Waals surface area contributed by atoms with Gasteiger partial charge in [0.1, 0.15) is 0 Å². The first-order valence-corrected chi connectivity index (χ1v) is 11.3. The molecule has 0 amide bonds. The van der Waals surface area contributed by atoms with Crippen LogP contribution in [0.15, 0.2) is 49.0 Å². The fraction of sp³-hybridized carbons (Fsp3) is 0.481. The van der Waals surface area contributed by atoms with Gasteiger partial charge < -0.3 is 9.47 Å². The van der Waals surface area contributed by atoms with E-state index in [-0.39, 0.29) is 0 Å². The third-order valence-electron chi connectivity index (χ3n) is 6.24. The Labute approximate surface area is 176 Å². The van der Waals surface area contributed by atoms with Crippen molar-refractivity contribution in [2.75, 3.05) is 6.79 Å². The highest BCUT2D eigenvalue weighted by Crippen LogP contribution is 2.37. The number of unbranched alkanes of at least 4 members (excludes halogenated alkanes) is 2. The highest BCUT2D eigenvalue weighted by atomic mass is 16.7. The van der Waals surface area contributed by atoms with E-state index in [0.717, 1.165) is 28.9 Å².